The van der Waals surface area contributed by atoms with Crippen LogP contribution in [0.4, 0.5) is 12.9 Å². The first kappa shape index (κ1) is 8.20. The molecule has 0 nitrogen and oxygen atoms in total. The Hall–Kier alpha value is -0.405. The summed E-state index contributed by atoms with van der Waals surface area (Å²) in [6, 6.07) is 0. The third-order valence-electron chi connectivity index (χ3n) is 2.67. The lowest BCUT2D eigenvalue weighted by molar-refractivity contribution is 0.383. The van der Waals surface area contributed by atoms with E-state index in [2.05, 4.69) is 0 Å². The molecule has 0 aromatic carbocycles. The predicted molar refractivity (Wildman–Crippen MR) is 42.9 cm³/mol. The summed E-state index contributed by atoms with van der Waals surface area (Å²) in [5.74, 6) is -0.0758. The van der Waals surface area contributed by atoms with Crippen LogP contribution in [-0.2, 0) is 0 Å². The van der Waals surface area contributed by atoms with Crippen LogP contribution < -0.4 is 0 Å². The quantitative estimate of drug-likeness (QED) is 0.446. The van der Waals surface area contributed by atoms with E-state index in [-0.39, 0.29) is 5.92 Å². The summed E-state index contributed by atoms with van der Waals surface area (Å²) in [6.45, 7) is -4.54. The van der Waals surface area contributed by atoms with Crippen molar-refractivity contribution in [3.63, 3.8) is 0 Å². The Morgan fingerprint density at radius 2 is 1.67 bits per heavy atom. The third-order valence-corrected chi connectivity index (χ3v) is 2.67. The van der Waals surface area contributed by atoms with E-state index in [9.17, 15) is 12.9 Å². The van der Waals surface area contributed by atoms with Crippen molar-refractivity contribution in [3.8, 4) is 0 Å². The highest BCUT2D eigenvalue weighted by molar-refractivity contribution is 6.58. The van der Waals surface area contributed by atoms with Gasteiger partial charge in [0.05, 0.1) is 0 Å². The van der Waals surface area contributed by atoms with Gasteiger partial charge in [-0.1, -0.05) is 23.4 Å². The molecule has 0 radical (unpaired) electrons. The lowest BCUT2D eigenvalue weighted by Gasteiger charge is -2.33. The van der Waals surface area contributed by atoms with E-state index in [0.717, 1.165) is 25.7 Å². The summed E-state index contributed by atoms with van der Waals surface area (Å²) in [6.07, 6.45) is 3.25. The molecule has 2 fully saturated rings. The molecule has 0 N–H and O–H groups in total. The Morgan fingerprint density at radius 1 is 1.08 bits per heavy atom. The summed E-state index contributed by atoms with van der Waals surface area (Å²) in [5.41, 5.74) is 2.78. The van der Waals surface area contributed by atoms with Gasteiger partial charge in [-0.2, -0.15) is 0 Å². The van der Waals surface area contributed by atoms with E-state index in [1.807, 2.05) is 0 Å². The molecule has 2 aliphatic rings. The molecule has 68 valence electrons. The van der Waals surface area contributed by atoms with Gasteiger partial charge in [0.2, 0.25) is 0 Å². The lowest BCUT2D eigenvalue weighted by atomic mass is 9.67. The maximum absolute atomic E-state index is 11.9. The highest BCUT2D eigenvalue weighted by atomic mass is 19.4. The van der Waals surface area contributed by atoms with Crippen LogP contribution in [0.1, 0.15) is 25.7 Å². The van der Waals surface area contributed by atoms with Crippen LogP contribution in [0.3, 0.4) is 0 Å². The smallest absolute Gasteiger partial charge is 0.449 e. The minimum absolute atomic E-state index is 0.0758. The van der Waals surface area contributed by atoms with Gasteiger partial charge in [-0.05, 0) is 25.7 Å². The molecule has 0 aromatic rings. The fourth-order valence-electron chi connectivity index (χ4n) is 1.89. The van der Waals surface area contributed by atoms with Crippen molar-refractivity contribution in [2.24, 2.45) is 5.92 Å². The van der Waals surface area contributed by atoms with Gasteiger partial charge in [-0.15, -0.1) is 0 Å². The number of halogens is 3. The van der Waals surface area contributed by atoms with Crippen LogP contribution in [-0.4, -0.2) is 6.98 Å². The van der Waals surface area contributed by atoms with Gasteiger partial charge in [0.25, 0.3) is 0 Å². The molecular formula is C8H11BF3-. The monoisotopic (exact) mass is 175 g/mol. The molecule has 0 atom stereocenters. The molecular weight excluding hydrogens is 164 g/mol. The van der Waals surface area contributed by atoms with Crippen molar-refractivity contribution < 1.29 is 12.9 Å². The molecule has 0 unspecified atom stereocenters. The average Bonchev–Trinajstić information content (AvgIpc) is 2.56. The van der Waals surface area contributed by atoms with E-state index in [1.54, 1.807) is 0 Å². The summed E-state index contributed by atoms with van der Waals surface area (Å²) < 4.78 is 35.8. The minimum Gasteiger partial charge on any atom is -0.449 e. The van der Waals surface area contributed by atoms with E-state index in [0.29, 0.717) is 0 Å². The molecule has 0 heterocycles. The molecule has 0 amide bonds. The van der Waals surface area contributed by atoms with Crippen LogP contribution in [0.15, 0.2) is 11.1 Å². The maximum Gasteiger partial charge on any atom is 0.478 e. The highest BCUT2D eigenvalue weighted by Crippen LogP contribution is 2.47. The number of allylic oxidation sites excluding steroid dienone is 2. The van der Waals surface area contributed by atoms with Crippen LogP contribution in [0, 0.1) is 5.92 Å². The summed E-state index contributed by atoms with van der Waals surface area (Å²) in [5, 5.41) is 0. The lowest BCUT2D eigenvalue weighted by Crippen LogP contribution is -2.25. The van der Waals surface area contributed by atoms with Gasteiger partial charge in [0.15, 0.2) is 0 Å². The van der Waals surface area contributed by atoms with Gasteiger partial charge in [0, 0.05) is 0 Å². The molecule has 2 rings (SSSR count). The molecule has 0 aromatic heterocycles. The minimum atomic E-state index is -4.54. The molecule has 12 heavy (non-hydrogen) atoms. The largest absolute Gasteiger partial charge is 0.478 e. The average molecular weight is 175 g/mol. The van der Waals surface area contributed by atoms with E-state index < -0.39 is 13.3 Å². The summed E-state index contributed by atoms with van der Waals surface area (Å²) in [4.78, 5) is 0. The maximum atomic E-state index is 11.9. The third kappa shape index (κ3) is 1.85. The van der Waals surface area contributed by atoms with Crippen LogP contribution >= 0.6 is 0 Å². The van der Waals surface area contributed by atoms with Gasteiger partial charge in [0.1, 0.15) is 0 Å². The second-order valence-corrected chi connectivity index (χ2v) is 3.93. The molecule has 0 aliphatic heterocycles. The standard InChI is InChI=1S/C8H11BF3/c10-9(11,12)5-6-3-8(4-6)7-1-2-7/h6H,1-5H2/q-1. The van der Waals surface area contributed by atoms with Crippen molar-refractivity contribution in [1.29, 1.82) is 0 Å². The fraction of sp³-hybridized carbons (Fsp3) is 0.750. The van der Waals surface area contributed by atoms with Crippen molar-refractivity contribution >= 4 is 6.98 Å². The SMILES string of the molecule is F[B-](F)(F)CC1CC(=C2CC2)C1. The van der Waals surface area contributed by atoms with Gasteiger partial charge < -0.3 is 12.9 Å². The van der Waals surface area contributed by atoms with Crippen molar-refractivity contribution in [3.05, 3.63) is 11.1 Å². The first-order chi connectivity index (χ1) is 5.54. The van der Waals surface area contributed by atoms with Gasteiger partial charge in [-0.25, -0.2) is 0 Å². The summed E-state index contributed by atoms with van der Waals surface area (Å²) >= 11 is 0. The number of hydrogen-bond donors (Lipinski definition) is 0. The topological polar surface area (TPSA) is 0 Å². The van der Waals surface area contributed by atoms with E-state index in [1.165, 1.54) is 11.1 Å². The Morgan fingerprint density at radius 3 is 2.08 bits per heavy atom. The molecule has 4 heteroatoms. The first-order valence-electron chi connectivity index (χ1n) is 4.45. The van der Waals surface area contributed by atoms with Crippen molar-refractivity contribution in [2.75, 3.05) is 0 Å². The second kappa shape index (κ2) is 2.54. The van der Waals surface area contributed by atoms with E-state index >= 15 is 0 Å². The zero-order chi connectivity index (χ0) is 8.77. The molecule has 2 saturated carbocycles. The predicted octanol–water partition coefficient (Wildman–Crippen LogP) is 3.33. The fourth-order valence-corrected chi connectivity index (χ4v) is 1.89. The van der Waals surface area contributed by atoms with Crippen LogP contribution in [0.25, 0.3) is 0 Å². The second-order valence-electron chi connectivity index (χ2n) is 3.93. The van der Waals surface area contributed by atoms with Gasteiger partial charge >= 0.3 is 6.98 Å². The van der Waals surface area contributed by atoms with Crippen LogP contribution in [0.5, 0.6) is 0 Å². The zero-order valence-electron chi connectivity index (χ0n) is 6.82. The Balaban J connectivity index is 1.78. The highest BCUT2D eigenvalue weighted by Gasteiger charge is 2.35. The zero-order valence-corrected chi connectivity index (χ0v) is 6.82. The number of hydrogen-bond acceptors (Lipinski definition) is 0. The van der Waals surface area contributed by atoms with E-state index in [4.69, 9.17) is 0 Å². The Bertz CT molecular complexity index is 215. The van der Waals surface area contributed by atoms with Crippen LogP contribution in [0.2, 0.25) is 6.32 Å². The van der Waals surface area contributed by atoms with Crippen molar-refractivity contribution in [2.45, 2.75) is 32.0 Å². The molecule has 0 saturated heterocycles. The molecule has 2 aliphatic carbocycles. The first-order valence-corrected chi connectivity index (χ1v) is 4.45. The van der Waals surface area contributed by atoms with Gasteiger partial charge in [-0.3, -0.25) is 0 Å². The van der Waals surface area contributed by atoms with Crippen molar-refractivity contribution in [1.82, 2.24) is 0 Å². The number of rotatable bonds is 2. The Labute approximate surface area is 69.9 Å². The normalized spacial score (nSPS) is 28.8. The summed E-state index contributed by atoms with van der Waals surface area (Å²) in [7, 11) is 0. The molecule has 0 bridgehead atoms. The Kier molecular flexibility index (Phi) is 1.74. The molecule has 0 spiro atoms.